The van der Waals surface area contributed by atoms with Crippen LogP contribution in [-0.2, 0) is 13.2 Å². The number of carbonyl (C=O) groups excluding carboxylic acids is 1. The van der Waals surface area contributed by atoms with Gasteiger partial charge in [0.15, 0.2) is 5.82 Å². The number of amides is 1. The van der Waals surface area contributed by atoms with Gasteiger partial charge in [0.1, 0.15) is 12.4 Å². The topological polar surface area (TPSA) is 69.0 Å². The molecule has 0 unspecified atom stereocenters. The molecule has 2 heterocycles. The number of rotatable bonds is 7. The Hall–Kier alpha value is -3.93. The highest BCUT2D eigenvalue weighted by molar-refractivity contribution is 5.93. The number of carbonyl (C=O) groups is 1. The molecule has 0 aliphatic rings. The third-order valence-corrected chi connectivity index (χ3v) is 4.37. The molecular formula is C23H20N4O2. The molecule has 0 saturated carbocycles. The zero-order valence-corrected chi connectivity index (χ0v) is 15.7. The van der Waals surface area contributed by atoms with E-state index in [4.69, 9.17) is 4.74 Å². The quantitative estimate of drug-likeness (QED) is 0.527. The lowest BCUT2D eigenvalue weighted by molar-refractivity contribution is 0.0950. The molecule has 2 aromatic heterocycles. The van der Waals surface area contributed by atoms with Crippen LogP contribution >= 0.6 is 0 Å². The molecule has 29 heavy (non-hydrogen) atoms. The van der Waals surface area contributed by atoms with E-state index in [9.17, 15) is 4.79 Å². The van der Waals surface area contributed by atoms with Gasteiger partial charge in [0.05, 0.1) is 5.56 Å². The lowest BCUT2D eigenvalue weighted by atomic mass is 10.1. The Bertz CT molecular complexity index is 1040. The van der Waals surface area contributed by atoms with E-state index < -0.39 is 0 Å². The maximum Gasteiger partial charge on any atom is 0.253 e. The molecule has 0 atom stereocenters. The Labute approximate surface area is 168 Å². The highest BCUT2D eigenvalue weighted by atomic mass is 16.5. The summed E-state index contributed by atoms with van der Waals surface area (Å²) < 4.78 is 7.39. The molecule has 4 aromatic rings. The van der Waals surface area contributed by atoms with Crippen LogP contribution in [0.1, 0.15) is 21.5 Å². The van der Waals surface area contributed by atoms with Crippen LogP contribution < -0.4 is 10.1 Å². The summed E-state index contributed by atoms with van der Waals surface area (Å²) in [6.45, 7) is 0.949. The number of hydrogen-bond acceptors (Lipinski definition) is 4. The molecule has 0 fully saturated rings. The number of pyridine rings is 1. The first kappa shape index (κ1) is 18.4. The van der Waals surface area contributed by atoms with Gasteiger partial charge in [-0.25, -0.2) is 9.67 Å². The van der Waals surface area contributed by atoms with Gasteiger partial charge in [0.25, 0.3) is 5.91 Å². The fraction of sp³-hybridized carbons (Fsp3) is 0.0870. The van der Waals surface area contributed by atoms with Crippen molar-refractivity contribution in [2.45, 2.75) is 13.2 Å². The second-order valence-corrected chi connectivity index (χ2v) is 6.46. The SMILES string of the molecule is O=C(NCc1ccc(COc2ccccc2)cc1)c1ccc(-n2cccn2)nc1. The van der Waals surface area contributed by atoms with Gasteiger partial charge in [-0.15, -0.1) is 0 Å². The zero-order chi connectivity index (χ0) is 19.9. The van der Waals surface area contributed by atoms with Crippen molar-refractivity contribution in [1.82, 2.24) is 20.1 Å². The average Bonchev–Trinajstić information content (AvgIpc) is 3.33. The molecule has 6 heteroatoms. The number of nitrogens with zero attached hydrogens (tertiary/aromatic N) is 3. The summed E-state index contributed by atoms with van der Waals surface area (Å²) in [6.07, 6.45) is 5.04. The van der Waals surface area contributed by atoms with Crippen molar-refractivity contribution in [2.75, 3.05) is 0 Å². The molecule has 144 valence electrons. The number of para-hydroxylation sites is 1. The van der Waals surface area contributed by atoms with Crippen molar-refractivity contribution in [2.24, 2.45) is 0 Å². The second-order valence-electron chi connectivity index (χ2n) is 6.46. The number of aromatic nitrogens is 3. The minimum atomic E-state index is -0.166. The summed E-state index contributed by atoms with van der Waals surface area (Å²) in [5.74, 6) is 1.34. The Balaban J connectivity index is 1.29. The first-order valence-electron chi connectivity index (χ1n) is 9.28. The van der Waals surface area contributed by atoms with Gasteiger partial charge in [0.2, 0.25) is 0 Å². The van der Waals surface area contributed by atoms with Gasteiger partial charge in [-0.05, 0) is 41.5 Å². The molecule has 0 spiro atoms. The largest absolute Gasteiger partial charge is 0.489 e. The van der Waals surface area contributed by atoms with Crippen LogP contribution in [0.5, 0.6) is 5.75 Å². The van der Waals surface area contributed by atoms with Crippen molar-refractivity contribution in [3.8, 4) is 11.6 Å². The van der Waals surface area contributed by atoms with Crippen LogP contribution in [0.4, 0.5) is 0 Å². The summed E-state index contributed by atoms with van der Waals surface area (Å²) in [5.41, 5.74) is 2.60. The number of benzene rings is 2. The van der Waals surface area contributed by atoms with E-state index in [1.54, 1.807) is 35.4 Å². The van der Waals surface area contributed by atoms with Crippen molar-refractivity contribution in [3.63, 3.8) is 0 Å². The van der Waals surface area contributed by atoms with Crippen molar-refractivity contribution >= 4 is 5.91 Å². The lowest BCUT2D eigenvalue weighted by Gasteiger charge is -2.08. The second kappa shape index (κ2) is 8.84. The highest BCUT2D eigenvalue weighted by Crippen LogP contribution is 2.12. The molecule has 0 radical (unpaired) electrons. The van der Waals surface area contributed by atoms with E-state index in [-0.39, 0.29) is 5.91 Å². The van der Waals surface area contributed by atoms with Gasteiger partial charge < -0.3 is 10.1 Å². The molecule has 2 aromatic carbocycles. The minimum Gasteiger partial charge on any atom is -0.489 e. The first-order valence-corrected chi connectivity index (χ1v) is 9.28. The van der Waals surface area contributed by atoms with E-state index in [2.05, 4.69) is 15.4 Å². The zero-order valence-electron chi connectivity index (χ0n) is 15.7. The molecule has 0 aliphatic heterocycles. The normalized spacial score (nSPS) is 10.5. The van der Waals surface area contributed by atoms with E-state index in [0.717, 1.165) is 16.9 Å². The number of hydrogen-bond donors (Lipinski definition) is 1. The predicted molar refractivity (Wildman–Crippen MR) is 110 cm³/mol. The van der Waals surface area contributed by atoms with Gasteiger partial charge in [-0.1, -0.05) is 42.5 Å². The van der Waals surface area contributed by atoms with Gasteiger partial charge >= 0.3 is 0 Å². The maximum absolute atomic E-state index is 12.3. The average molecular weight is 384 g/mol. The monoisotopic (exact) mass is 384 g/mol. The molecular weight excluding hydrogens is 364 g/mol. The molecule has 0 saturated heterocycles. The highest BCUT2D eigenvalue weighted by Gasteiger charge is 2.07. The summed E-state index contributed by atoms with van der Waals surface area (Å²) in [5, 5.41) is 7.03. The molecule has 6 nitrogen and oxygen atoms in total. The van der Waals surface area contributed by atoms with Crippen molar-refractivity contribution in [3.05, 3.63) is 108 Å². The van der Waals surface area contributed by atoms with E-state index in [1.807, 2.05) is 60.7 Å². The standard InChI is InChI=1S/C23H20N4O2/c28-23(20-11-12-22(24-16-20)27-14-4-13-26-27)25-15-18-7-9-19(10-8-18)17-29-21-5-2-1-3-6-21/h1-14,16H,15,17H2,(H,25,28). The Morgan fingerprint density at radius 1 is 0.931 bits per heavy atom. The summed E-state index contributed by atoms with van der Waals surface area (Å²) in [6, 6.07) is 23.0. The fourth-order valence-corrected chi connectivity index (χ4v) is 2.78. The van der Waals surface area contributed by atoms with Gasteiger partial charge in [-0.2, -0.15) is 5.10 Å². The summed E-state index contributed by atoms with van der Waals surface area (Å²) in [7, 11) is 0. The predicted octanol–water partition coefficient (Wildman–Crippen LogP) is 3.78. The third kappa shape index (κ3) is 4.87. The van der Waals surface area contributed by atoms with E-state index in [1.165, 1.54) is 0 Å². The van der Waals surface area contributed by atoms with Crippen molar-refractivity contribution < 1.29 is 9.53 Å². The van der Waals surface area contributed by atoms with Crippen LogP contribution in [0.3, 0.4) is 0 Å². The Morgan fingerprint density at radius 3 is 2.41 bits per heavy atom. The van der Waals surface area contributed by atoms with Crippen LogP contribution in [0, 0.1) is 0 Å². The van der Waals surface area contributed by atoms with Crippen LogP contribution in [-0.4, -0.2) is 20.7 Å². The van der Waals surface area contributed by atoms with Gasteiger partial charge in [0, 0.05) is 25.1 Å². The van der Waals surface area contributed by atoms with Crippen LogP contribution in [0.2, 0.25) is 0 Å². The van der Waals surface area contributed by atoms with Crippen LogP contribution in [0.25, 0.3) is 5.82 Å². The fourth-order valence-electron chi connectivity index (χ4n) is 2.78. The first-order chi connectivity index (χ1) is 14.3. The third-order valence-electron chi connectivity index (χ3n) is 4.37. The van der Waals surface area contributed by atoms with Gasteiger partial charge in [-0.3, -0.25) is 4.79 Å². The van der Waals surface area contributed by atoms with E-state index >= 15 is 0 Å². The number of ether oxygens (including phenoxy) is 1. The van der Waals surface area contributed by atoms with E-state index in [0.29, 0.717) is 24.5 Å². The summed E-state index contributed by atoms with van der Waals surface area (Å²) in [4.78, 5) is 16.6. The number of nitrogens with one attached hydrogen (secondary N) is 1. The smallest absolute Gasteiger partial charge is 0.253 e. The van der Waals surface area contributed by atoms with Crippen molar-refractivity contribution in [1.29, 1.82) is 0 Å². The molecule has 1 N–H and O–H groups in total. The Morgan fingerprint density at radius 2 is 1.72 bits per heavy atom. The maximum atomic E-state index is 12.3. The molecule has 4 rings (SSSR count). The summed E-state index contributed by atoms with van der Waals surface area (Å²) >= 11 is 0. The molecule has 0 bridgehead atoms. The molecule has 0 aliphatic carbocycles. The Kier molecular flexibility index (Phi) is 5.62. The van der Waals surface area contributed by atoms with Crippen LogP contribution in [0.15, 0.2) is 91.4 Å². The lowest BCUT2D eigenvalue weighted by Crippen LogP contribution is -2.23. The molecule has 1 amide bonds. The minimum absolute atomic E-state index is 0.166.